The molecule has 0 heterocycles. The predicted molar refractivity (Wildman–Crippen MR) is 58.8 cm³/mol. The summed E-state index contributed by atoms with van der Waals surface area (Å²) in [4.78, 5) is 0. The minimum atomic E-state index is -1.65. The van der Waals surface area contributed by atoms with Crippen molar-refractivity contribution in [2.24, 2.45) is 0 Å². The first-order valence-electron chi connectivity index (χ1n) is 4.02. The lowest BCUT2D eigenvalue weighted by Gasteiger charge is -2.14. The van der Waals surface area contributed by atoms with Crippen LogP contribution in [-0.2, 0) is 0 Å². The Morgan fingerprint density at radius 1 is 1.00 bits per heavy atom. The summed E-state index contributed by atoms with van der Waals surface area (Å²) < 4.78 is 0. The van der Waals surface area contributed by atoms with Crippen molar-refractivity contribution in [3.8, 4) is 0 Å². The van der Waals surface area contributed by atoms with Crippen LogP contribution >= 0.6 is 11.1 Å². The maximum absolute atomic E-state index is 6.30. The van der Waals surface area contributed by atoms with E-state index in [-0.39, 0.29) is 0 Å². The van der Waals surface area contributed by atoms with Gasteiger partial charge in [-0.1, -0.05) is 55.6 Å². The lowest BCUT2D eigenvalue weighted by molar-refractivity contribution is 1.70. The third-order valence-electron chi connectivity index (χ3n) is 1.68. The quantitative estimate of drug-likeness (QED) is 0.444. The molecular formula is C10H13ClSi. The van der Waals surface area contributed by atoms with Crippen LogP contribution in [0, 0.1) is 0 Å². The Kier molecular flexibility index (Phi) is 3.12. The standard InChI is InChI=1S/C10H13ClSi/c1-12(2,11)10-8-6-4-3-5-7-9-10/h3-9H,1-2H3. The van der Waals surface area contributed by atoms with E-state index < -0.39 is 7.38 Å². The van der Waals surface area contributed by atoms with E-state index >= 15 is 0 Å². The van der Waals surface area contributed by atoms with Crippen molar-refractivity contribution < 1.29 is 0 Å². The highest BCUT2D eigenvalue weighted by Gasteiger charge is 2.20. The molecule has 0 saturated heterocycles. The van der Waals surface area contributed by atoms with Gasteiger partial charge in [-0.15, -0.1) is 0 Å². The van der Waals surface area contributed by atoms with Gasteiger partial charge in [0.1, 0.15) is 0 Å². The lowest BCUT2D eigenvalue weighted by atomic mass is 10.3. The van der Waals surface area contributed by atoms with Gasteiger partial charge >= 0.3 is 0 Å². The maximum atomic E-state index is 6.30. The topological polar surface area (TPSA) is 0 Å². The molecule has 0 aliphatic heterocycles. The number of rotatable bonds is 1. The molecule has 0 radical (unpaired) electrons. The molecule has 1 aliphatic carbocycles. The van der Waals surface area contributed by atoms with Gasteiger partial charge in [-0.2, -0.15) is 11.1 Å². The lowest BCUT2D eigenvalue weighted by Crippen LogP contribution is -2.19. The first kappa shape index (κ1) is 9.55. The first-order valence-corrected chi connectivity index (χ1v) is 8.03. The highest BCUT2D eigenvalue weighted by molar-refractivity contribution is 7.23. The molecular weight excluding hydrogens is 184 g/mol. The van der Waals surface area contributed by atoms with E-state index in [1.807, 2.05) is 30.4 Å². The Morgan fingerprint density at radius 3 is 2.25 bits per heavy atom. The van der Waals surface area contributed by atoms with Crippen LogP contribution in [-0.4, -0.2) is 7.38 Å². The zero-order chi connectivity index (χ0) is 9.03. The van der Waals surface area contributed by atoms with Crippen LogP contribution in [0.25, 0.3) is 0 Å². The van der Waals surface area contributed by atoms with Gasteiger partial charge in [-0.25, -0.2) is 0 Å². The molecule has 0 aromatic carbocycles. The van der Waals surface area contributed by atoms with E-state index in [0.29, 0.717) is 0 Å². The fourth-order valence-corrected chi connectivity index (χ4v) is 2.33. The van der Waals surface area contributed by atoms with Crippen molar-refractivity contribution in [3.05, 3.63) is 47.7 Å². The molecule has 64 valence electrons. The molecule has 0 spiro atoms. The van der Waals surface area contributed by atoms with E-state index in [1.54, 1.807) is 0 Å². The number of hydrogen-bond donors (Lipinski definition) is 0. The number of halogens is 1. The van der Waals surface area contributed by atoms with Crippen molar-refractivity contribution in [2.75, 3.05) is 0 Å². The van der Waals surface area contributed by atoms with Crippen LogP contribution in [0.3, 0.4) is 0 Å². The summed E-state index contributed by atoms with van der Waals surface area (Å²) >= 11 is 6.30. The summed E-state index contributed by atoms with van der Waals surface area (Å²) in [5.41, 5.74) is 0. The smallest absolute Gasteiger partial charge is 0.162 e. The van der Waals surface area contributed by atoms with Crippen LogP contribution in [0.4, 0.5) is 0 Å². The van der Waals surface area contributed by atoms with Gasteiger partial charge in [-0.3, -0.25) is 0 Å². The molecule has 0 unspecified atom stereocenters. The summed E-state index contributed by atoms with van der Waals surface area (Å²) in [6.07, 6.45) is 14.3. The average molecular weight is 197 g/mol. The zero-order valence-corrected chi connectivity index (χ0v) is 9.18. The van der Waals surface area contributed by atoms with Crippen LogP contribution < -0.4 is 0 Å². The molecule has 0 amide bonds. The summed E-state index contributed by atoms with van der Waals surface area (Å²) in [6.45, 7) is 4.26. The second kappa shape index (κ2) is 3.92. The maximum Gasteiger partial charge on any atom is 0.180 e. The van der Waals surface area contributed by atoms with Gasteiger partial charge in [0.15, 0.2) is 7.38 Å². The summed E-state index contributed by atoms with van der Waals surface area (Å²) in [5.74, 6) is 0. The Morgan fingerprint density at radius 2 is 1.58 bits per heavy atom. The van der Waals surface area contributed by atoms with E-state index in [0.717, 1.165) is 0 Å². The largest absolute Gasteiger partial charge is 0.180 e. The molecule has 0 bridgehead atoms. The molecule has 0 aromatic rings. The molecule has 0 fully saturated rings. The summed E-state index contributed by atoms with van der Waals surface area (Å²) in [6, 6.07) is 0. The van der Waals surface area contributed by atoms with Gasteiger partial charge < -0.3 is 0 Å². The number of hydrogen-bond acceptors (Lipinski definition) is 0. The van der Waals surface area contributed by atoms with Crippen LogP contribution in [0.1, 0.15) is 0 Å². The molecule has 0 nitrogen and oxygen atoms in total. The summed E-state index contributed by atoms with van der Waals surface area (Å²) in [5, 5.41) is 1.27. The van der Waals surface area contributed by atoms with Gasteiger partial charge in [0.2, 0.25) is 0 Å². The fourth-order valence-electron chi connectivity index (χ4n) is 0.963. The average Bonchev–Trinajstić information content (AvgIpc) is 1.81. The highest BCUT2D eigenvalue weighted by atomic mass is 35.6. The molecule has 0 saturated carbocycles. The van der Waals surface area contributed by atoms with Crippen LogP contribution in [0.5, 0.6) is 0 Å². The predicted octanol–water partition coefficient (Wildman–Crippen LogP) is 3.58. The Labute approximate surface area is 79.6 Å². The molecule has 2 heteroatoms. The second-order valence-electron chi connectivity index (χ2n) is 3.22. The minimum absolute atomic E-state index is 1.27. The molecule has 1 rings (SSSR count). The molecule has 1 aliphatic rings. The fraction of sp³-hybridized carbons (Fsp3) is 0.200. The number of allylic oxidation sites excluding steroid dienone is 8. The van der Waals surface area contributed by atoms with Crippen LogP contribution in [0.15, 0.2) is 47.7 Å². The highest BCUT2D eigenvalue weighted by Crippen LogP contribution is 2.21. The SMILES string of the molecule is C[Si](C)(Cl)C1=CC=CC=CC=C1. The molecule has 0 atom stereocenters. The Hall–Kier alpha value is -0.533. The van der Waals surface area contributed by atoms with Crippen molar-refractivity contribution in [1.29, 1.82) is 0 Å². The monoisotopic (exact) mass is 196 g/mol. The second-order valence-corrected chi connectivity index (χ2v) is 9.58. The molecule has 0 N–H and O–H groups in total. The Bertz CT molecular complexity index is 264. The van der Waals surface area contributed by atoms with E-state index in [2.05, 4.69) is 25.2 Å². The van der Waals surface area contributed by atoms with E-state index in [4.69, 9.17) is 11.1 Å². The minimum Gasteiger partial charge on any atom is -0.162 e. The van der Waals surface area contributed by atoms with Gasteiger partial charge in [0, 0.05) is 0 Å². The summed E-state index contributed by atoms with van der Waals surface area (Å²) in [7, 11) is -1.65. The van der Waals surface area contributed by atoms with Gasteiger partial charge in [-0.05, 0) is 5.20 Å². The Balaban J connectivity index is 2.90. The van der Waals surface area contributed by atoms with Crippen molar-refractivity contribution in [1.82, 2.24) is 0 Å². The van der Waals surface area contributed by atoms with Gasteiger partial charge in [0.05, 0.1) is 0 Å². The normalized spacial score (nSPS) is 17.1. The molecule has 0 aromatic heterocycles. The van der Waals surface area contributed by atoms with Gasteiger partial charge in [0.25, 0.3) is 0 Å². The first-order chi connectivity index (χ1) is 5.61. The van der Waals surface area contributed by atoms with Crippen molar-refractivity contribution in [3.63, 3.8) is 0 Å². The third kappa shape index (κ3) is 2.84. The third-order valence-corrected chi connectivity index (χ3v) is 4.04. The molecule has 12 heavy (non-hydrogen) atoms. The van der Waals surface area contributed by atoms with E-state index in [9.17, 15) is 0 Å². The van der Waals surface area contributed by atoms with Crippen molar-refractivity contribution >= 4 is 18.5 Å². The van der Waals surface area contributed by atoms with Crippen molar-refractivity contribution in [2.45, 2.75) is 13.1 Å². The van der Waals surface area contributed by atoms with Crippen LogP contribution in [0.2, 0.25) is 13.1 Å². The van der Waals surface area contributed by atoms with E-state index in [1.165, 1.54) is 5.20 Å². The zero-order valence-electron chi connectivity index (χ0n) is 7.42.